The molecule has 0 bridgehead atoms. The number of halogens is 2. The van der Waals surface area contributed by atoms with Gasteiger partial charge in [0.25, 0.3) is 0 Å². The molecule has 0 radical (unpaired) electrons. The largest absolute Gasteiger partial charge is 0.489 e. The Labute approximate surface area is 122 Å². The predicted octanol–water partition coefficient (Wildman–Crippen LogP) is 3.52. The first-order chi connectivity index (χ1) is 8.78. The standard InChI is InChI=1S/C13H16Cl2N2O2/c1-13(2,3)17-12(18)16-9-6-19-11-7(9)4-5-8(14)10(11)15/h4-5,9H,6H2,1-3H3,(H2,16,17,18). The van der Waals surface area contributed by atoms with Crippen molar-refractivity contribution >= 4 is 29.2 Å². The molecule has 0 aliphatic carbocycles. The van der Waals surface area contributed by atoms with Crippen LogP contribution in [0.2, 0.25) is 10.0 Å². The minimum atomic E-state index is -0.288. The first kappa shape index (κ1) is 14.3. The third-order valence-electron chi connectivity index (χ3n) is 2.64. The van der Waals surface area contributed by atoms with E-state index in [0.29, 0.717) is 22.4 Å². The summed E-state index contributed by atoms with van der Waals surface area (Å²) in [6, 6.07) is 3.07. The number of amides is 2. The lowest BCUT2D eigenvalue weighted by Gasteiger charge is -2.22. The van der Waals surface area contributed by atoms with Crippen molar-refractivity contribution in [2.75, 3.05) is 6.61 Å². The number of hydrogen-bond donors (Lipinski definition) is 2. The molecular formula is C13H16Cl2N2O2. The number of carbonyl (C=O) groups is 1. The Bertz CT molecular complexity index is 512. The lowest BCUT2D eigenvalue weighted by Crippen LogP contribution is -2.47. The summed E-state index contributed by atoms with van der Waals surface area (Å²) in [5.74, 6) is 0.551. The molecule has 6 heteroatoms. The summed E-state index contributed by atoms with van der Waals surface area (Å²) in [7, 11) is 0. The van der Waals surface area contributed by atoms with Crippen LogP contribution in [0, 0.1) is 0 Å². The molecule has 4 nitrogen and oxygen atoms in total. The van der Waals surface area contributed by atoms with E-state index in [1.54, 1.807) is 6.07 Å². The number of carbonyl (C=O) groups excluding carboxylic acids is 1. The van der Waals surface area contributed by atoms with E-state index in [-0.39, 0.29) is 17.6 Å². The Morgan fingerprint density at radius 3 is 2.68 bits per heavy atom. The van der Waals surface area contributed by atoms with Crippen LogP contribution in [0.25, 0.3) is 0 Å². The molecule has 0 aromatic heterocycles. The van der Waals surface area contributed by atoms with Gasteiger partial charge in [0.15, 0.2) is 0 Å². The van der Waals surface area contributed by atoms with Crippen molar-refractivity contribution in [2.24, 2.45) is 0 Å². The van der Waals surface area contributed by atoms with E-state index in [0.717, 1.165) is 5.56 Å². The summed E-state index contributed by atoms with van der Waals surface area (Å²) in [6.45, 7) is 6.11. The van der Waals surface area contributed by atoms with Gasteiger partial charge in [-0.3, -0.25) is 0 Å². The van der Waals surface area contributed by atoms with Crippen molar-refractivity contribution in [3.05, 3.63) is 27.7 Å². The molecule has 1 aromatic carbocycles. The summed E-state index contributed by atoms with van der Waals surface area (Å²) in [4.78, 5) is 11.8. The van der Waals surface area contributed by atoms with Crippen LogP contribution in [-0.2, 0) is 0 Å². The summed E-state index contributed by atoms with van der Waals surface area (Å²) in [6.07, 6.45) is 0. The molecule has 2 amide bonds. The molecule has 2 N–H and O–H groups in total. The molecule has 1 atom stereocenters. The van der Waals surface area contributed by atoms with Crippen LogP contribution in [0.15, 0.2) is 12.1 Å². The Morgan fingerprint density at radius 1 is 1.37 bits per heavy atom. The lowest BCUT2D eigenvalue weighted by molar-refractivity contribution is 0.223. The quantitative estimate of drug-likeness (QED) is 0.834. The van der Waals surface area contributed by atoms with Crippen LogP contribution in [0.4, 0.5) is 4.79 Å². The fourth-order valence-corrected chi connectivity index (χ4v) is 2.25. The van der Waals surface area contributed by atoms with Gasteiger partial charge in [-0.05, 0) is 26.8 Å². The monoisotopic (exact) mass is 302 g/mol. The molecule has 0 saturated carbocycles. The van der Waals surface area contributed by atoms with Gasteiger partial charge in [0.05, 0.1) is 11.1 Å². The van der Waals surface area contributed by atoms with Gasteiger partial charge >= 0.3 is 6.03 Å². The van der Waals surface area contributed by atoms with Gasteiger partial charge in [0.1, 0.15) is 17.4 Å². The first-order valence-corrected chi connectivity index (χ1v) is 6.73. The number of hydrogen-bond acceptors (Lipinski definition) is 2. The van der Waals surface area contributed by atoms with Gasteiger partial charge in [-0.1, -0.05) is 29.3 Å². The fourth-order valence-electron chi connectivity index (χ4n) is 1.88. The van der Waals surface area contributed by atoms with E-state index in [2.05, 4.69) is 10.6 Å². The van der Waals surface area contributed by atoms with E-state index in [1.807, 2.05) is 26.8 Å². The van der Waals surface area contributed by atoms with E-state index in [9.17, 15) is 4.79 Å². The SMILES string of the molecule is CC(C)(C)NC(=O)NC1COc2c1ccc(Cl)c2Cl. The molecule has 104 valence electrons. The van der Waals surface area contributed by atoms with Gasteiger partial charge in [-0.15, -0.1) is 0 Å². The number of nitrogens with one attached hydrogen (secondary N) is 2. The van der Waals surface area contributed by atoms with Gasteiger partial charge in [0.2, 0.25) is 0 Å². The molecule has 19 heavy (non-hydrogen) atoms. The molecule has 2 rings (SSSR count). The summed E-state index contributed by atoms with van der Waals surface area (Å²) in [5.41, 5.74) is 0.558. The average molecular weight is 303 g/mol. The van der Waals surface area contributed by atoms with Gasteiger partial charge < -0.3 is 15.4 Å². The highest BCUT2D eigenvalue weighted by atomic mass is 35.5. The number of fused-ring (bicyclic) bond motifs is 1. The maximum atomic E-state index is 11.8. The van der Waals surface area contributed by atoms with Crippen LogP contribution in [0.3, 0.4) is 0 Å². The minimum Gasteiger partial charge on any atom is -0.489 e. The molecule has 0 spiro atoms. The van der Waals surface area contributed by atoms with E-state index < -0.39 is 0 Å². The zero-order chi connectivity index (χ0) is 14.2. The number of ether oxygens (including phenoxy) is 1. The van der Waals surface area contributed by atoms with E-state index >= 15 is 0 Å². The highest BCUT2D eigenvalue weighted by Gasteiger charge is 2.29. The second-order valence-electron chi connectivity index (χ2n) is 5.49. The van der Waals surface area contributed by atoms with Crippen LogP contribution >= 0.6 is 23.2 Å². The van der Waals surface area contributed by atoms with Gasteiger partial charge in [0, 0.05) is 11.1 Å². The molecule has 0 saturated heterocycles. The van der Waals surface area contributed by atoms with E-state index in [1.165, 1.54) is 0 Å². The zero-order valence-corrected chi connectivity index (χ0v) is 12.5. The van der Waals surface area contributed by atoms with E-state index in [4.69, 9.17) is 27.9 Å². The summed E-state index contributed by atoms with van der Waals surface area (Å²) in [5, 5.41) is 6.53. The molecule has 1 heterocycles. The predicted molar refractivity (Wildman–Crippen MR) is 76.1 cm³/mol. The third kappa shape index (κ3) is 3.25. The topological polar surface area (TPSA) is 50.4 Å². The van der Waals surface area contributed by atoms with Crippen molar-refractivity contribution in [3.8, 4) is 5.75 Å². The molecule has 1 aliphatic heterocycles. The van der Waals surface area contributed by atoms with Crippen LogP contribution < -0.4 is 15.4 Å². The summed E-state index contributed by atoms with van der Waals surface area (Å²) >= 11 is 12.0. The van der Waals surface area contributed by atoms with Gasteiger partial charge in [-0.2, -0.15) is 0 Å². The van der Waals surface area contributed by atoms with Crippen LogP contribution in [-0.4, -0.2) is 18.2 Å². The second kappa shape index (κ2) is 5.10. The Morgan fingerprint density at radius 2 is 2.05 bits per heavy atom. The Hall–Kier alpha value is -1.13. The van der Waals surface area contributed by atoms with Gasteiger partial charge in [-0.25, -0.2) is 4.79 Å². The molecule has 1 aromatic rings. The average Bonchev–Trinajstić information content (AvgIpc) is 2.65. The number of benzene rings is 1. The highest BCUT2D eigenvalue weighted by molar-refractivity contribution is 6.43. The zero-order valence-electron chi connectivity index (χ0n) is 11.0. The lowest BCUT2D eigenvalue weighted by atomic mass is 10.1. The maximum absolute atomic E-state index is 11.8. The summed E-state index contributed by atoms with van der Waals surface area (Å²) < 4.78 is 5.49. The van der Waals surface area contributed by atoms with Crippen molar-refractivity contribution in [1.82, 2.24) is 10.6 Å². The van der Waals surface area contributed by atoms with Crippen LogP contribution in [0.5, 0.6) is 5.75 Å². The fraction of sp³-hybridized carbons (Fsp3) is 0.462. The molecule has 0 fully saturated rings. The minimum absolute atomic E-state index is 0.216. The maximum Gasteiger partial charge on any atom is 0.315 e. The smallest absolute Gasteiger partial charge is 0.315 e. The number of rotatable bonds is 1. The second-order valence-corrected chi connectivity index (χ2v) is 6.28. The van der Waals surface area contributed by atoms with Crippen molar-refractivity contribution in [3.63, 3.8) is 0 Å². The first-order valence-electron chi connectivity index (χ1n) is 5.97. The molecular weight excluding hydrogens is 287 g/mol. The van der Waals surface area contributed by atoms with Crippen molar-refractivity contribution in [1.29, 1.82) is 0 Å². The molecule has 1 aliphatic rings. The normalized spacial score (nSPS) is 17.6. The number of urea groups is 1. The van der Waals surface area contributed by atoms with Crippen LogP contribution in [0.1, 0.15) is 32.4 Å². The van der Waals surface area contributed by atoms with Crippen molar-refractivity contribution in [2.45, 2.75) is 32.4 Å². The Kier molecular flexibility index (Phi) is 3.83. The molecule has 1 unspecified atom stereocenters. The third-order valence-corrected chi connectivity index (χ3v) is 3.43. The van der Waals surface area contributed by atoms with Crippen molar-refractivity contribution < 1.29 is 9.53 Å². The Balaban J connectivity index is 2.11. The highest BCUT2D eigenvalue weighted by Crippen LogP contribution is 2.41.